The molecule has 0 unspecified atom stereocenters. The summed E-state index contributed by atoms with van der Waals surface area (Å²) in [5, 5.41) is 3.45. The first-order chi connectivity index (χ1) is 14.0. The van der Waals surface area contributed by atoms with E-state index in [9.17, 15) is 9.18 Å². The number of carbonyl (C=O) groups excluding carboxylic acids is 1. The zero-order valence-corrected chi connectivity index (χ0v) is 16.9. The van der Waals surface area contributed by atoms with Crippen LogP contribution in [0.2, 0.25) is 0 Å². The summed E-state index contributed by atoms with van der Waals surface area (Å²) in [7, 11) is 0. The van der Waals surface area contributed by atoms with Gasteiger partial charge in [-0.15, -0.1) is 0 Å². The van der Waals surface area contributed by atoms with Crippen LogP contribution < -0.4 is 5.32 Å². The van der Waals surface area contributed by atoms with Crippen LogP contribution in [0.1, 0.15) is 41.4 Å². The molecule has 2 heterocycles. The average Bonchev–Trinajstić information content (AvgIpc) is 2.71. The van der Waals surface area contributed by atoms with Gasteiger partial charge in [0.15, 0.2) is 0 Å². The first kappa shape index (κ1) is 19.5. The Bertz CT molecular complexity index is 1020. The van der Waals surface area contributed by atoms with Crippen molar-refractivity contribution in [2.45, 2.75) is 33.2 Å². The first-order valence-electron chi connectivity index (χ1n) is 10.2. The molecular weight excluding hydrogens is 365 g/mol. The molecular formula is C24H26FN3O. The lowest BCUT2D eigenvalue weighted by Crippen LogP contribution is -2.32. The fourth-order valence-electron chi connectivity index (χ4n) is 3.89. The Morgan fingerprint density at radius 1 is 1.14 bits per heavy atom. The second kappa shape index (κ2) is 8.29. The molecule has 0 aliphatic carbocycles. The normalized spacial score (nSPS) is 15.6. The number of halogens is 1. The molecule has 5 heteroatoms. The summed E-state index contributed by atoms with van der Waals surface area (Å²) in [4.78, 5) is 19.7. The van der Waals surface area contributed by atoms with Gasteiger partial charge in [0.1, 0.15) is 5.82 Å². The van der Waals surface area contributed by atoms with E-state index in [0.29, 0.717) is 16.5 Å². The Morgan fingerprint density at radius 3 is 2.59 bits per heavy atom. The molecule has 4 nitrogen and oxygen atoms in total. The number of aromatic nitrogens is 1. The zero-order valence-electron chi connectivity index (χ0n) is 16.9. The molecule has 1 aromatic heterocycles. The van der Waals surface area contributed by atoms with Crippen molar-refractivity contribution in [1.29, 1.82) is 0 Å². The standard InChI is InChI=1S/C24H26FN3O/c1-16-9-11-28(12-10-16)15-18-3-6-20(7-4-18)27-24(29)22-13-17(2)26-23-8-5-19(25)14-21(22)23/h3-8,13-14,16H,9-12,15H2,1-2H3,(H,27,29). The molecule has 4 rings (SSSR count). The van der Waals surface area contributed by atoms with Gasteiger partial charge in [0.25, 0.3) is 5.91 Å². The molecule has 0 radical (unpaired) electrons. The SMILES string of the molecule is Cc1cc(C(=O)Nc2ccc(CN3CCC(C)CC3)cc2)c2cc(F)ccc2n1. The summed E-state index contributed by atoms with van der Waals surface area (Å²) in [6, 6.07) is 14.0. The van der Waals surface area contributed by atoms with Crippen LogP contribution in [0.4, 0.5) is 10.1 Å². The molecule has 0 atom stereocenters. The van der Waals surface area contributed by atoms with Crippen LogP contribution in [0, 0.1) is 18.7 Å². The third-order valence-electron chi connectivity index (χ3n) is 5.64. The number of likely N-dealkylation sites (tertiary alicyclic amines) is 1. The number of nitrogens with zero attached hydrogens (tertiary/aromatic N) is 2. The van der Waals surface area contributed by atoms with Gasteiger partial charge in [-0.25, -0.2) is 4.39 Å². The fraction of sp³-hybridized carbons (Fsp3) is 0.333. The summed E-state index contributed by atoms with van der Waals surface area (Å²) < 4.78 is 13.7. The fourth-order valence-corrected chi connectivity index (χ4v) is 3.89. The molecule has 150 valence electrons. The van der Waals surface area contributed by atoms with Gasteiger partial charge in [-0.2, -0.15) is 0 Å². The van der Waals surface area contributed by atoms with Crippen LogP contribution in [0.15, 0.2) is 48.5 Å². The molecule has 0 bridgehead atoms. The van der Waals surface area contributed by atoms with Gasteiger partial charge < -0.3 is 5.32 Å². The van der Waals surface area contributed by atoms with Gasteiger partial charge >= 0.3 is 0 Å². The summed E-state index contributed by atoms with van der Waals surface area (Å²) in [5.41, 5.74) is 3.73. The number of anilines is 1. The second-order valence-electron chi connectivity index (χ2n) is 8.08. The maximum absolute atomic E-state index is 13.7. The molecule has 1 N–H and O–H groups in total. The van der Waals surface area contributed by atoms with Crippen molar-refractivity contribution >= 4 is 22.5 Å². The van der Waals surface area contributed by atoms with Crippen molar-refractivity contribution in [2.24, 2.45) is 5.92 Å². The van der Waals surface area contributed by atoms with E-state index in [4.69, 9.17) is 0 Å². The molecule has 0 spiro atoms. The Balaban J connectivity index is 1.47. The van der Waals surface area contributed by atoms with Crippen molar-refractivity contribution in [1.82, 2.24) is 9.88 Å². The van der Waals surface area contributed by atoms with E-state index in [1.54, 1.807) is 12.1 Å². The van der Waals surface area contributed by atoms with Crippen LogP contribution in [0.5, 0.6) is 0 Å². The number of hydrogen-bond acceptors (Lipinski definition) is 3. The maximum Gasteiger partial charge on any atom is 0.256 e. The van der Waals surface area contributed by atoms with E-state index < -0.39 is 0 Å². The van der Waals surface area contributed by atoms with Crippen LogP contribution >= 0.6 is 0 Å². The zero-order chi connectivity index (χ0) is 20.4. The minimum absolute atomic E-state index is 0.260. The number of fused-ring (bicyclic) bond motifs is 1. The number of pyridine rings is 1. The molecule has 29 heavy (non-hydrogen) atoms. The van der Waals surface area contributed by atoms with Gasteiger partial charge in [0, 0.05) is 23.3 Å². The predicted molar refractivity (Wildman–Crippen MR) is 115 cm³/mol. The highest BCUT2D eigenvalue weighted by molar-refractivity contribution is 6.12. The highest BCUT2D eigenvalue weighted by Gasteiger charge is 2.16. The average molecular weight is 391 g/mol. The molecule has 0 saturated carbocycles. The number of benzene rings is 2. The third-order valence-corrected chi connectivity index (χ3v) is 5.64. The molecule has 1 aliphatic heterocycles. The Kier molecular flexibility index (Phi) is 5.58. The first-order valence-corrected chi connectivity index (χ1v) is 10.2. The Morgan fingerprint density at radius 2 is 1.86 bits per heavy atom. The number of piperidine rings is 1. The number of rotatable bonds is 4. The topological polar surface area (TPSA) is 45.2 Å². The van der Waals surface area contributed by atoms with Gasteiger partial charge in [0.05, 0.1) is 11.1 Å². The minimum Gasteiger partial charge on any atom is -0.322 e. The maximum atomic E-state index is 13.7. The highest BCUT2D eigenvalue weighted by atomic mass is 19.1. The summed E-state index contributed by atoms with van der Waals surface area (Å²) in [5.74, 6) is 0.183. The van der Waals surface area contributed by atoms with Crippen molar-refractivity contribution in [3.8, 4) is 0 Å². The third kappa shape index (κ3) is 4.62. The minimum atomic E-state index is -0.381. The van der Waals surface area contributed by atoms with Gasteiger partial charge in [0.2, 0.25) is 0 Å². The van der Waals surface area contributed by atoms with Crippen LogP contribution in [0.3, 0.4) is 0 Å². The van der Waals surface area contributed by atoms with Gasteiger partial charge in [-0.05, 0) is 80.7 Å². The van der Waals surface area contributed by atoms with E-state index in [1.807, 2.05) is 19.1 Å². The van der Waals surface area contributed by atoms with Crippen molar-refractivity contribution < 1.29 is 9.18 Å². The number of aryl methyl sites for hydroxylation is 1. The summed E-state index contributed by atoms with van der Waals surface area (Å²) >= 11 is 0. The number of nitrogens with one attached hydrogen (secondary N) is 1. The van der Waals surface area contributed by atoms with E-state index in [1.165, 1.54) is 30.5 Å². The second-order valence-corrected chi connectivity index (χ2v) is 8.08. The summed E-state index contributed by atoms with van der Waals surface area (Å²) in [6.45, 7) is 7.37. The molecule has 1 saturated heterocycles. The van der Waals surface area contributed by atoms with E-state index in [2.05, 4.69) is 34.3 Å². The van der Waals surface area contributed by atoms with Crippen LogP contribution in [-0.4, -0.2) is 28.9 Å². The Hall–Kier alpha value is -2.79. The van der Waals surface area contributed by atoms with Crippen molar-refractivity contribution in [3.05, 3.63) is 71.2 Å². The van der Waals surface area contributed by atoms with E-state index >= 15 is 0 Å². The number of hydrogen-bond donors (Lipinski definition) is 1. The molecule has 1 aliphatic rings. The number of amides is 1. The lowest BCUT2D eigenvalue weighted by molar-refractivity contribution is 0.102. The molecule has 3 aromatic rings. The van der Waals surface area contributed by atoms with Crippen LogP contribution in [-0.2, 0) is 6.54 Å². The quantitative estimate of drug-likeness (QED) is 0.668. The highest BCUT2D eigenvalue weighted by Crippen LogP contribution is 2.22. The molecule has 1 amide bonds. The monoisotopic (exact) mass is 391 g/mol. The summed E-state index contributed by atoms with van der Waals surface area (Å²) in [6.07, 6.45) is 2.52. The van der Waals surface area contributed by atoms with Crippen molar-refractivity contribution in [3.63, 3.8) is 0 Å². The van der Waals surface area contributed by atoms with E-state index in [0.717, 1.165) is 36.9 Å². The molecule has 1 fully saturated rings. The van der Waals surface area contributed by atoms with E-state index in [-0.39, 0.29) is 11.7 Å². The lowest BCUT2D eigenvalue weighted by Gasteiger charge is -2.30. The Labute approximate surface area is 170 Å². The van der Waals surface area contributed by atoms with Gasteiger partial charge in [-0.1, -0.05) is 19.1 Å². The lowest BCUT2D eigenvalue weighted by atomic mass is 9.99. The van der Waals surface area contributed by atoms with Crippen molar-refractivity contribution in [2.75, 3.05) is 18.4 Å². The van der Waals surface area contributed by atoms with Crippen LogP contribution in [0.25, 0.3) is 10.9 Å². The smallest absolute Gasteiger partial charge is 0.256 e. The molecule has 2 aromatic carbocycles. The largest absolute Gasteiger partial charge is 0.322 e. The predicted octanol–water partition coefficient (Wildman–Crippen LogP) is 5.17. The number of carbonyl (C=O) groups is 1. The van der Waals surface area contributed by atoms with Gasteiger partial charge in [-0.3, -0.25) is 14.7 Å².